The first kappa shape index (κ1) is 10.7. The Hall–Kier alpha value is -0.835. The molecule has 0 aromatic heterocycles. The normalized spacial score (nSPS) is 17.7. The second kappa shape index (κ2) is 4.79. The molecule has 0 amide bonds. The van der Waals surface area contributed by atoms with Crippen LogP contribution in [0.3, 0.4) is 0 Å². The summed E-state index contributed by atoms with van der Waals surface area (Å²) >= 11 is 0. The molecule has 1 fully saturated rings. The highest BCUT2D eigenvalue weighted by Gasteiger charge is 2.16. The number of piperidine rings is 1. The Morgan fingerprint density at radius 1 is 1.07 bits per heavy atom. The monoisotopic (exact) mass is 205 g/mol. The molecule has 0 unspecified atom stereocenters. The predicted octanol–water partition coefficient (Wildman–Crippen LogP) is -0.167. The summed E-state index contributed by atoms with van der Waals surface area (Å²) in [6.45, 7) is 2.16. The van der Waals surface area contributed by atoms with Crippen molar-refractivity contribution in [2.75, 3.05) is 13.1 Å². The van der Waals surface area contributed by atoms with E-state index < -0.39 is 7.12 Å². The van der Waals surface area contributed by atoms with Crippen LogP contribution in [0.25, 0.3) is 0 Å². The summed E-state index contributed by atoms with van der Waals surface area (Å²) in [7, 11) is -1.35. The number of benzene rings is 1. The van der Waals surface area contributed by atoms with Gasteiger partial charge in [-0.05, 0) is 42.9 Å². The average molecular weight is 205 g/mol. The van der Waals surface area contributed by atoms with E-state index in [1.807, 2.05) is 12.1 Å². The Labute approximate surface area is 90.3 Å². The number of hydrogen-bond donors (Lipinski definition) is 3. The van der Waals surface area contributed by atoms with Crippen LogP contribution in [0.4, 0.5) is 0 Å². The maximum atomic E-state index is 8.97. The summed E-state index contributed by atoms with van der Waals surface area (Å²) in [5.41, 5.74) is 1.87. The van der Waals surface area contributed by atoms with Crippen molar-refractivity contribution in [1.29, 1.82) is 0 Å². The van der Waals surface area contributed by atoms with Gasteiger partial charge in [0.2, 0.25) is 0 Å². The van der Waals surface area contributed by atoms with Gasteiger partial charge in [0.1, 0.15) is 0 Å². The highest BCUT2D eigenvalue weighted by Crippen LogP contribution is 2.24. The molecule has 0 saturated carbocycles. The Balaban J connectivity index is 2.08. The van der Waals surface area contributed by atoms with Gasteiger partial charge in [0, 0.05) is 0 Å². The standard InChI is InChI=1S/C11H16BNO2/c14-12(15)11-3-1-9(2-4-11)10-5-7-13-8-6-10/h1-4,10,13-15H,5-8H2. The van der Waals surface area contributed by atoms with E-state index in [0.29, 0.717) is 11.4 Å². The third kappa shape index (κ3) is 2.59. The average Bonchev–Trinajstić information content (AvgIpc) is 2.30. The molecule has 0 aliphatic carbocycles. The van der Waals surface area contributed by atoms with Gasteiger partial charge in [-0.15, -0.1) is 0 Å². The molecule has 15 heavy (non-hydrogen) atoms. The summed E-state index contributed by atoms with van der Waals surface area (Å²) in [6.07, 6.45) is 2.34. The molecule has 2 rings (SSSR count). The van der Waals surface area contributed by atoms with E-state index in [1.165, 1.54) is 18.4 Å². The molecule has 0 spiro atoms. The Morgan fingerprint density at radius 3 is 2.20 bits per heavy atom. The van der Waals surface area contributed by atoms with Crippen LogP contribution in [0.1, 0.15) is 24.3 Å². The number of nitrogens with one attached hydrogen (secondary N) is 1. The molecule has 1 aliphatic rings. The molecule has 3 N–H and O–H groups in total. The fourth-order valence-corrected chi connectivity index (χ4v) is 2.10. The lowest BCUT2D eigenvalue weighted by Gasteiger charge is -2.23. The lowest BCUT2D eigenvalue weighted by atomic mass is 9.79. The predicted molar refractivity (Wildman–Crippen MR) is 61.1 cm³/mol. The molecule has 1 aliphatic heterocycles. The first-order valence-electron chi connectivity index (χ1n) is 5.44. The van der Waals surface area contributed by atoms with Crippen LogP contribution in [-0.4, -0.2) is 30.3 Å². The van der Waals surface area contributed by atoms with E-state index in [2.05, 4.69) is 5.32 Å². The molecule has 80 valence electrons. The second-order valence-corrected chi connectivity index (χ2v) is 4.06. The first-order chi connectivity index (χ1) is 7.27. The molecular weight excluding hydrogens is 189 g/mol. The van der Waals surface area contributed by atoms with Crippen molar-refractivity contribution in [2.24, 2.45) is 0 Å². The lowest BCUT2D eigenvalue weighted by molar-refractivity contribution is 0.425. The summed E-state index contributed by atoms with van der Waals surface area (Å²) in [4.78, 5) is 0. The van der Waals surface area contributed by atoms with Crippen LogP contribution in [-0.2, 0) is 0 Å². The van der Waals surface area contributed by atoms with Gasteiger partial charge in [-0.25, -0.2) is 0 Å². The minimum absolute atomic E-state index is 0.563. The smallest absolute Gasteiger partial charge is 0.423 e. The van der Waals surface area contributed by atoms with Crippen LogP contribution in [0, 0.1) is 0 Å². The summed E-state index contributed by atoms with van der Waals surface area (Å²) < 4.78 is 0. The number of rotatable bonds is 2. The van der Waals surface area contributed by atoms with Gasteiger partial charge in [0.05, 0.1) is 0 Å². The quantitative estimate of drug-likeness (QED) is 0.587. The molecule has 1 aromatic rings. The third-order valence-corrected chi connectivity index (χ3v) is 3.05. The highest BCUT2D eigenvalue weighted by atomic mass is 16.4. The molecule has 1 heterocycles. The summed E-state index contributed by atoms with van der Waals surface area (Å²) in [5, 5.41) is 21.3. The summed E-state index contributed by atoms with van der Waals surface area (Å²) in [6, 6.07) is 7.60. The maximum Gasteiger partial charge on any atom is 0.488 e. The molecule has 0 bridgehead atoms. The fourth-order valence-electron chi connectivity index (χ4n) is 2.10. The summed E-state index contributed by atoms with van der Waals surface area (Å²) in [5.74, 6) is 0.621. The molecule has 3 nitrogen and oxygen atoms in total. The lowest BCUT2D eigenvalue weighted by Crippen LogP contribution is -2.30. The maximum absolute atomic E-state index is 8.97. The van der Waals surface area contributed by atoms with E-state index in [1.54, 1.807) is 12.1 Å². The first-order valence-corrected chi connectivity index (χ1v) is 5.44. The second-order valence-electron chi connectivity index (χ2n) is 4.06. The van der Waals surface area contributed by atoms with Crippen LogP contribution >= 0.6 is 0 Å². The van der Waals surface area contributed by atoms with E-state index in [-0.39, 0.29) is 0 Å². The van der Waals surface area contributed by atoms with Crippen molar-refractivity contribution < 1.29 is 10.0 Å². The van der Waals surface area contributed by atoms with Crippen molar-refractivity contribution in [3.63, 3.8) is 0 Å². The van der Waals surface area contributed by atoms with Gasteiger partial charge < -0.3 is 15.4 Å². The topological polar surface area (TPSA) is 52.5 Å². The van der Waals surface area contributed by atoms with Crippen molar-refractivity contribution in [2.45, 2.75) is 18.8 Å². The van der Waals surface area contributed by atoms with Gasteiger partial charge >= 0.3 is 7.12 Å². The van der Waals surface area contributed by atoms with Crippen molar-refractivity contribution >= 4 is 12.6 Å². The molecule has 1 saturated heterocycles. The van der Waals surface area contributed by atoms with E-state index in [4.69, 9.17) is 10.0 Å². The molecular formula is C11H16BNO2. The Kier molecular flexibility index (Phi) is 3.41. The Morgan fingerprint density at radius 2 is 1.67 bits per heavy atom. The van der Waals surface area contributed by atoms with Gasteiger partial charge in [-0.3, -0.25) is 0 Å². The molecule has 1 aromatic carbocycles. The zero-order chi connectivity index (χ0) is 10.7. The van der Waals surface area contributed by atoms with Gasteiger partial charge in [0.15, 0.2) is 0 Å². The van der Waals surface area contributed by atoms with Gasteiger partial charge in [-0.2, -0.15) is 0 Å². The van der Waals surface area contributed by atoms with Crippen LogP contribution in [0.15, 0.2) is 24.3 Å². The van der Waals surface area contributed by atoms with Crippen LogP contribution in [0.5, 0.6) is 0 Å². The molecule has 0 atom stereocenters. The van der Waals surface area contributed by atoms with Gasteiger partial charge in [0.25, 0.3) is 0 Å². The molecule has 4 heteroatoms. The largest absolute Gasteiger partial charge is 0.488 e. The van der Waals surface area contributed by atoms with Crippen LogP contribution < -0.4 is 10.8 Å². The zero-order valence-corrected chi connectivity index (χ0v) is 8.69. The van der Waals surface area contributed by atoms with Crippen molar-refractivity contribution in [3.05, 3.63) is 29.8 Å². The highest BCUT2D eigenvalue weighted by molar-refractivity contribution is 6.58. The van der Waals surface area contributed by atoms with Crippen molar-refractivity contribution in [3.8, 4) is 0 Å². The fraction of sp³-hybridized carbons (Fsp3) is 0.455. The third-order valence-electron chi connectivity index (χ3n) is 3.05. The molecule has 0 radical (unpaired) electrons. The Bertz CT molecular complexity index is 307. The van der Waals surface area contributed by atoms with E-state index >= 15 is 0 Å². The van der Waals surface area contributed by atoms with Crippen molar-refractivity contribution in [1.82, 2.24) is 5.32 Å². The van der Waals surface area contributed by atoms with Crippen LogP contribution in [0.2, 0.25) is 0 Å². The number of hydrogen-bond acceptors (Lipinski definition) is 3. The minimum Gasteiger partial charge on any atom is -0.423 e. The zero-order valence-electron chi connectivity index (χ0n) is 8.69. The minimum atomic E-state index is -1.35. The van der Waals surface area contributed by atoms with E-state index in [0.717, 1.165) is 13.1 Å². The SMILES string of the molecule is OB(O)c1ccc(C2CCNCC2)cc1. The van der Waals surface area contributed by atoms with E-state index in [9.17, 15) is 0 Å². The van der Waals surface area contributed by atoms with Gasteiger partial charge in [-0.1, -0.05) is 24.3 Å².